The van der Waals surface area contributed by atoms with Crippen molar-refractivity contribution in [2.24, 2.45) is 0 Å². The second kappa shape index (κ2) is 8.65. The van der Waals surface area contributed by atoms with Gasteiger partial charge >= 0.3 is 0 Å². The summed E-state index contributed by atoms with van der Waals surface area (Å²) in [7, 11) is 0. The molecule has 152 valence electrons. The SMILES string of the molecule is CC[C@H](C)n1c(SCC(=O)Nc2ccc(C(C)=O)cc2)nc2cc(C)[nH]c2c1=O. The Morgan fingerprint density at radius 1 is 1.28 bits per heavy atom. The fraction of sp³-hybridized carbons (Fsp3) is 0.333. The monoisotopic (exact) mass is 412 g/mol. The van der Waals surface area contributed by atoms with Crippen molar-refractivity contribution in [2.45, 2.75) is 45.3 Å². The number of fused-ring (bicyclic) bond motifs is 1. The van der Waals surface area contributed by atoms with Gasteiger partial charge in [-0.05, 0) is 57.5 Å². The molecule has 0 spiro atoms. The molecule has 2 aromatic heterocycles. The lowest BCUT2D eigenvalue weighted by molar-refractivity contribution is -0.113. The maximum absolute atomic E-state index is 12.9. The van der Waals surface area contributed by atoms with Crippen LogP contribution in [-0.2, 0) is 4.79 Å². The minimum Gasteiger partial charge on any atom is -0.353 e. The first kappa shape index (κ1) is 20.9. The molecule has 0 aliphatic rings. The number of hydrogen-bond donors (Lipinski definition) is 2. The molecule has 3 rings (SSSR count). The van der Waals surface area contributed by atoms with Crippen LogP contribution in [0.15, 0.2) is 40.3 Å². The van der Waals surface area contributed by atoms with Crippen LogP contribution in [0.2, 0.25) is 0 Å². The minimum atomic E-state index is -0.208. The van der Waals surface area contributed by atoms with Crippen LogP contribution in [0.25, 0.3) is 11.0 Å². The number of rotatable bonds is 7. The molecular formula is C21H24N4O3S. The van der Waals surface area contributed by atoms with Crippen LogP contribution in [0.5, 0.6) is 0 Å². The Bertz CT molecular complexity index is 1120. The Kier molecular flexibility index (Phi) is 6.22. The predicted molar refractivity (Wildman–Crippen MR) is 116 cm³/mol. The summed E-state index contributed by atoms with van der Waals surface area (Å²) in [5.41, 5.74) is 3.05. The predicted octanol–water partition coefficient (Wildman–Crippen LogP) is 3.94. The third kappa shape index (κ3) is 4.59. The van der Waals surface area contributed by atoms with E-state index in [0.29, 0.717) is 27.4 Å². The highest BCUT2D eigenvalue weighted by molar-refractivity contribution is 7.99. The van der Waals surface area contributed by atoms with Gasteiger partial charge in [0, 0.05) is 23.0 Å². The third-order valence-electron chi connectivity index (χ3n) is 4.73. The van der Waals surface area contributed by atoms with Crippen molar-refractivity contribution in [1.29, 1.82) is 0 Å². The summed E-state index contributed by atoms with van der Waals surface area (Å²) in [6.45, 7) is 7.35. The summed E-state index contributed by atoms with van der Waals surface area (Å²) in [6, 6.07) is 8.54. The van der Waals surface area contributed by atoms with Crippen molar-refractivity contribution in [3.8, 4) is 0 Å². The maximum atomic E-state index is 12.9. The fourth-order valence-corrected chi connectivity index (χ4v) is 3.88. The highest BCUT2D eigenvalue weighted by Crippen LogP contribution is 2.23. The van der Waals surface area contributed by atoms with Gasteiger partial charge in [0.25, 0.3) is 5.56 Å². The quantitative estimate of drug-likeness (QED) is 0.348. The Hall–Kier alpha value is -2.87. The third-order valence-corrected chi connectivity index (χ3v) is 5.68. The standard InChI is InChI=1S/C21H24N4O3S/c1-5-13(3)25-20(28)19-17(10-12(2)22-19)24-21(25)29-11-18(27)23-16-8-6-15(7-9-16)14(4)26/h6-10,13,22H,5,11H2,1-4H3,(H,23,27)/t13-/m0/s1. The molecule has 2 heterocycles. The fourth-order valence-electron chi connectivity index (χ4n) is 2.98. The largest absolute Gasteiger partial charge is 0.353 e. The first-order valence-corrected chi connectivity index (χ1v) is 10.4. The average Bonchev–Trinajstić information content (AvgIpc) is 3.07. The van der Waals surface area contributed by atoms with Gasteiger partial charge in [0.1, 0.15) is 5.52 Å². The van der Waals surface area contributed by atoms with Crippen molar-refractivity contribution in [3.05, 3.63) is 51.9 Å². The van der Waals surface area contributed by atoms with E-state index in [1.807, 2.05) is 26.8 Å². The van der Waals surface area contributed by atoms with E-state index in [4.69, 9.17) is 0 Å². The average molecular weight is 413 g/mol. The van der Waals surface area contributed by atoms with Crippen LogP contribution >= 0.6 is 11.8 Å². The van der Waals surface area contributed by atoms with Gasteiger partial charge in [-0.2, -0.15) is 0 Å². The number of nitrogens with zero attached hydrogens (tertiary/aromatic N) is 2. The number of H-pyrrole nitrogens is 1. The van der Waals surface area contributed by atoms with Crippen LogP contribution < -0.4 is 10.9 Å². The number of hydrogen-bond acceptors (Lipinski definition) is 5. The number of benzene rings is 1. The zero-order chi connectivity index (χ0) is 21.1. The summed E-state index contributed by atoms with van der Waals surface area (Å²) >= 11 is 1.24. The number of carbonyl (C=O) groups is 2. The van der Waals surface area contributed by atoms with E-state index in [1.54, 1.807) is 28.8 Å². The molecule has 1 amide bonds. The van der Waals surface area contributed by atoms with Crippen LogP contribution in [-0.4, -0.2) is 32.0 Å². The smallest absolute Gasteiger partial charge is 0.278 e. The number of anilines is 1. The molecule has 0 saturated carbocycles. The van der Waals surface area contributed by atoms with Crippen LogP contribution in [0.4, 0.5) is 5.69 Å². The number of ketones is 1. The van der Waals surface area contributed by atoms with Crippen molar-refractivity contribution < 1.29 is 9.59 Å². The second-order valence-electron chi connectivity index (χ2n) is 7.01. The lowest BCUT2D eigenvalue weighted by Crippen LogP contribution is -2.26. The number of thioether (sulfide) groups is 1. The van der Waals surface area contributed by atoms with Crippen LogP contribution in [0.1, 0.15) is 49.3 Å². The molecule has 0 bridgehead atoms. The zero-order valence-electron chi connectivity index (χ0n) is 16.9. The molecule has 8 heteroatoms. The molecule has 0 fully saturated rings. The highest BCUT2D eigenvalue weighted by atomic mass is 32.2. The van der Waals surface area contributed by atoms with Crippen molar-refractivity contribution in [3.63, 3.8) is 0 Å². The summed E-state index contributed by atoms with van der Waals surface area (Å²) in [5.74, 6) is -0.115. The van der Waals surface area contributed by atoms with Gasteiger partial charge in [0.15, 0.2) is 10.9 Å². The van der Waals surface area contributed by atoms with E-state index < -0.39 is 0 Å². The van der Waals surface area contributed by atoms with Crippen LogP contribution in [0.3, 0.4) is 0 Å². The highest BCUT2D eigenvalue weighted by Gasteiger charge is 2.18. The molecular weight excluding hydrogens is 388 g/mol. The Balaban J connectivity index is 1.79. The Morgan fingerprint density at radius 2 is 1.97 bits per heavy atom. The Labute approximate surface area is 172 Å². The van der Waals surface area contributed by atoms with Crippen LogP contribution in [0, 0.1) is 6.92 Å². The van der Waals surface area contributed by atoms with Gasteiger partial charge in [-0.3, -0.25) is 19.0 Å². The number of aromatic amines is 1. The van der Waals surface area contributed by atoms with Gasteiger partial charge in [-0.15, -0.1) is 0 Å². The topological polar surface area (TPSA) is 96.8 Å². The van der Waals surface area contributed by atoms with Gasteiger partial charge in [-0.1, -0.05) is 18.7 Å². The maximum Gasteiger partial charge on any atom is 0.278 e. The van der Waals surface area contributed by atoms with E-state index in [1.165, 1.54) is 18.7 Å². The Morgan fingerprint density at radius 3 is 2.59 bits per heavy atom. The molecule has 0 radical (unpaired) electrons. The summed E-state index contributed by atoms with van der Waals surface area (Å²) < 4.78 is 1.65. The molecule has 3 aromatic rings. The summed E-state index contributed by atoms with van der Waals surface area (Å²) in [6.07, 6.45) is 0.773. The van der Waals surface area contributed by atoms with E-state index in [9.17, 15) is 14.4 Å². The van der Waals surface area contributed by atoms with Crippen molar-refractivity contribution in [1.82, 2.24) is 14.5 Å². The number of carbonyl (C=O) groups excluding carboxylic acids is 2. The van der Waals surface area contributed by atoms with Crippen molar-refractivity contribution in [2.75, 3.05) is 11.1 Å². The van der Waals surface area contributed by atoms with E-state index >= 15 is 0 Å². The molecule has 0 aliphatic heterocycles. The number of aryl methyl sites for hydroxylation is 1. The molecule has 1 atom stereocenters. The van der Waals surface area contributed by atoms with Gasteiger partial charge in [0.05, 0.1) is 11.3 Å². The number of aromatic nitrogens is 3. The van der Waals surface area contributed by atoms with Crippen molar-refractivity contribution >= 4 is 40.2 Å². The molecule has 2 N–H and O–H groups in total. The molecule has 1 aromatic carbocycles. The number of amides is 1. The van der Waals surface area contributed by atoms with Gasteiger partial charge in [0.2, 0.25) is 5.91 Å². The van der Waals surface area contributed by atoms with Gasteiger partial charge in [-0.25, -0.2) is 4.98 Å². The summed E-state index contributed by atoms with van der Waals surface area (Å²) in [5, 5.41) is 3.33. The molecule has 29 heavy (non-hydrogen) atoms. The first-order valence-electron chi connectivity index (χ1n) is 9.45. The summed E-state index contributed by atoms with van der Waals surface area (Å²) in [4.78, 5) is 44.4. The van der Waals surface area contributed by atoms with E-state index in [-0.39, 0.29) is 29.0 Å². The molecule has 7 nitrogen and oxygen atoms in total. The molecule has 0 saturated heterocycles. The molecule has 0 aliphatic carbocycles. The zero-order valence-corrected chi connectivity index (χ0v) is 17.7. The normalized spacial score (nSPS) is 12.1. The number of Topliss-reactive ketones (excluding diaryl/α,β-unsaturated/α-hetero) is 1. The molecule has 0 unspecified atom stereocenters. The minimum absolute atomic E-state index is 0.0251. The number of nitrogens with one attached hydrogen (secondary N) is 2. The lowest BCUT2D eigenvalue weighted by atomic mass is 10.1. The van der Waals surface area contributed by atoms with E-state index in [2.05, 4.69) is 15.3 Å². The lowest BCUT2D eigenvalue weighted by Gasteiger charge is -2.17. The van der Waals surface area contributed by atoms with Gasteiger partial charge < -0.3 is 10.3 Å². The first-order chi connectivity index (χ1) is 13.8. The van der Waals surface area contributed by atoms with E-state index in [0.717, 1.165) is 12.1 Å². The second-order valence-corrected chi connectivity index (χ2v) is 7.95.